The molecule has 24 nitrogen and oxygen atoms in total. The molecule has 1 saturated heterocycles. The Kier molecular flexibility index (Phi) is 54.9. The Hall–Kier alpha value is -6.98. The zero-order chi connectivity index (χ0) is 98.3. The zero-order valence-corrected chi connectivity index (χ0v) is 87.2. The summed E-state index contributed by atoms with van der Waals surface area (Å²) >= 11 is -4.69. The van der Waals surface area contributed by atoms with Crippen molar-refractivity contribution in [2.75, 3.05) is 12.5 Å². The molecule has 132 heavy (non-hydrogen) atoms. The molecule has 0 aromatic heterocycles. The highest BCUT2D eigenvalue weighted by Gasteiger charge is 2.55. The maximum absolute atomic E-state index is 13.4. The van der Waals surface area contributed by atoms with Crippen LogP contribution in [-0.4, -0.2) is 118 Å². The predicted octanol–water partition coefficient (Wildman–Crippen LogP) is 19.3. The second kappa shape index (κ2) is 57.9. The van der Waals surface area contributed by atoms with Gasteiger partial charge in [-0.3, -0.25) is 0 Å². The van der Waals surface area contributed by atoms with Gasteiger partial charge in [-0.2, -0.15) is 9.32 Å². The van der Waals surface area contributed by atoms with Gasteiger partial charge >= 0.3 is 0 Å². The Labute approximate surface area is 810 Å². The summed E-state index contributed by atoms with van der Waals surface area (Å²) in [6.07, 6.45) is -0.469. The number of aryl methyl sites for hydroxylation is 15. The summed E-state index contributed by atoms with van der Waals surface area (Å²) in [6.45, 7) is 43.7. The number of hydrogen-bond donors (Lipinski definition) is 8. The minimum Gasteiger partial charge on any atom is -0.599 e. The number of sulfonamides is 4. The van der Waals surface area contributed by atoms with Gasteiger partial charge in [0.1, 0.15) is 42.2 Å². The van der Waals surface area contributed by atoms with Gasteiger partial charge in [0, 0.05) is 25.8 Å². The number of hydrogen-bond acceptors (Lipinski definition) is 20. The van der Waals surface area contributed by atoms with Crippen LogP contribution in [0.1, 0.15) is 219 Å². The number of aliphatic hydroxyl groups is 3. The van der Waals surface area contributed by atoms with E-state index in [2.05, 4.69) is 19.3 Å². The van der Waals surface area contributed by atoms with Crippen LogP contribution in [0.25, 0.3) is 0 Å². The molecule has 10 aromatic carbocycles. The SMILES string of the molecule is C.C.CC.CC.C[C@@H](O)C(N)c1ccccc1.C[S+](N)[O-].Cc1cc(C)c(S(=O)(=O)Cl)c(C)c1.Cc1cc(C)c(S(=O)(=O)N2[C@@H](c3ccccc3)[C@@H](C)O[S+]2[O-])c(C)c1.Cc1cc(C)c(S(=O)(=O)N[C@@H](c2ccccc2)[C@@H](C)O)c(C)c1.Cc1cc(C)c(S(=O)(=O)N[C@@H](c2ccccc2)[C@@H](C)O)c(C)c1.Cc1cc(C)c(S(=O)(=O)N[C@@H](c2ccccc2)[C@@H](C)O[S+](C)[O-])c(C)c1.Cl. The standard InChI is InChI=1S/C19H25NO4S2.C18H21NO4S2.2C18H23NO3S.C9H11ClO2S.C9H13NO.2C2H6.CH5NOS.2CH4.ClH/c1-13-11-14(2)19(15(3)12-13)26(22,23)20-18(16(4)24-25(5)21)17-9-7-6-8-10-17;1-12-10-13(2)18(14(3)11-12)25(21,22)19-17(15(4)23-24(19)20)16-8-6-5-7-9-16;2*1-12-10-13(2)18(14(3)11-12)23(21,22)19-17(15(4)20)16-8-6-5-7-9-16;1-6-4-7(2)9(8(3)5-6)13(10,11)12;1-7(11)9(10)8-5-3-2-4-6-8;2*1-2;1-4(2)3;;;/h6-12,16,18,20H,1-5H3;5-11,15,17H,1-4H3;2*5-11,15,17,19-20H,1-4H3;4-5H,1-3H3;2-7,9,11H,10H2,1H3;2*1-2H3;2H2,1H3;2*1H4;1H/t16-,18-,25?;15-,17-,24?;2*15-,17-;;7-,9?;;;;;;/m1111.1....../s1. The van der Waals surface area contributed by atoms with Crippen molar-refractivity contribution in [2.24, 2.45) is 10.9 Å². The molecule has 34 heteroatoms. The maximum Gasteiger partial charge on any atom is 0.285 e. The Balaban J connectivity index is 0.00000155. The molecule has 734 valence electrons. The lowest BCUT2D eigenvalue weighted by Crippen LogP contribution is -2.37. The Bertz CT molecular complexity index is 5530. The van der Waals surface area contributed by atoms with Crippen molar-refractivity contribution in [3.05, 3.63) is 324 Å². The molecule has 0 aliphatic carbocycles. The molecule has 0 bridgehead atoms. The summed E-state index contributed by atoms with van der Waals surface area (Å²) in [7, 11) is -13.6. The Morgan fingerprint density at radius 2 is 0.644 bits per heavy atom. The predicted molar refractivity (Wildman–Crippen MR) is 546 cm³/mol. The van der Waals surface area contributed by atoms with E-state index in [1.807, 2.05) is 250 Å². The van der Waals surface area contributed by atoms with Crippen molar-refractivity contribution in [3.8, 4) is 0 Å². The van der Waals surface area contributed by atoms with Gasteiger partial charge in [0.05, 0.1) is 67.0 Å². The second-order valence-electron chi connectivity index (χ2n) is 31.1. The minimum absolute atomic E-state index is 0. The van der Waals surface area contributed by atoms with Gasteiger partial charge in [-0.15, -0.1) is 16.6 Å². The van der Waals surface area contributed by atoms with Crippen molar-refractivity contribution in [1.29, 1.82) is 0 Å². The minimum atomic E-state index is -3.99. The van der Waals surface area contributed by atoms with Crippen LogP contribution in [0.15, 0.2) is 237 Å². The lowest BCUT2D eigenvalue weighted by Gasteiger charge is -2.25. The van der Waals surface area contributed by atoms with E-state index in [9.17, 15) is 66.0 Å². The van der Waals surface area contributed by atoms with E-state index in [4.69, 9.17) is 29.9 Å². The largest absolute Gasteiger partial charge is 0.599 e. The first-order valence-electron chi connectivity index (χ1n) is 41.7. The lowest BCUT2D eigenvalue weighted by molar-refractivity contribution is 0.156. The van der Waals surface area contributed by atoms with E-state index < -0.39 is 138 Å². The number of rotatable bonds is 23. The number of nitrogens with two attached hydrogens (primary N) is 2. The third kappa shape index (κ3) is 37.8. The van der Waals surface area contributed by atoms with Crippen molar-refractivity contribution in [2.45, 2.75) is 266 Å². The molecule has 10 aromatic rings. The van der Waals surface area contributed by atoms with E-state index in [-0.39, 0.29) is 57.8 Å². The van der Waals surface area contributed by atoms with Crippen molar-refractivity contribution < 1.29 is 79.4 Å². The van der Waals surface area contributed by atoms with E-state index in [0.717, 1.165) is 59.3 Å². The third-order valence-electron chi connectivity index (χ3n) is 19.5. The summed E-state index contributed by atoms with van der Waals surface area (Å²) in [4.78, 5) is 1.27. The fraction of sp³-hybridized carbons (Fsp3) is 0.388. The van der Waals surface area contributed by atoms with E-state index in [1.165, 1.54) is 12.5 Å². The average Bonchev–Trinajstić information content (AvgIpc) is 1.69. The normalized spacial score (nSPS) is 15.8. The molecule has 11 rings (SSSR count). The molecule has 0 radical (unpaired) electrons. The van der Waals surface area contributed by atoms with E-state index >= 15 is 0 Å². The highest BCUT2D eigenvalue weighted by molar-refractivity contribution is 8.13. The summed E-state index contributed by atoms with van der Waals surface area (Å²) in [5.74, 6) is 0. The summed E-state index contributed by atoms with van der Waals surface area (Å²) in [5.41, 5.74) is 21.6. The van der Waals surface area contributed by atoms with E-state index in [0.29, 0.717) is 55.6 Å². The van der Waals surface area contributed by atoms with Crippen molar-refractivity contribution in [1.82, 2.24) is 17.9 Å². The Morgan fingerprint density at radius 1 is 0.417 bits per heavy atom. The lowest BCUT2D eigenvalue weighted by atomic mass is 10.0. The summed E-state index contributed by atoms with van der Waals surface area (Å²) in [6, 6.07) is 61.5. The number of halogens is 2. The summed E-state index contributed by atoms with van der Waals surface area (Å²) in [5, 5.41) is 33.8. The number of benzene rings is 10. The smallest absolute Gasteiger partial charge is 0.285 e. The van der Waals surface area contributed by atoms with Crippen LogP contribution < -0.4 is 25.0 Å². The molecule has 1 aliphatic rings. The van der Waals surface area contributed by atoms with Gasteiger partial charge in [0.15, 0.2) is 0 Å². The zero-order valence-electron chi connectivity index (χ0n) is 79.1. The van der Waals surface area contributed by atoms with Crippen molar-refractivity contribution >= 4 is 107 Å². The number of nitrogens with one attached hydrogen (secondary N) is 3. The van der Waals surface area contributed by atoms with Crippen LogP contribution in [0.4, 0.5) is 0 Å². The fourth-order valence-electron chi connectivity index (χ4n) is 15.0. The van der Waals surface area contributed by atoms with Gasteiger partial charge in [0.25, 0.3) is 19.1 Å². The molecule has 0 spiro atoms. The molecule has 1 aliphatic heterocycles. The van der Waals surface area contributed by atoms with Gasteiger partial charge in [-0.1, -0.05) is 283 Å². The van der Waals surface area contributed by atoms with Crippen molar-refractivity contribution in [3.63, 3.8) is 0 Å². The first-order chi connectivity index (χ1) is 60.1. The van der Waals surface area contributed by atoms with Gasteiger partial charge in [0.2, 0.25) is 41.7 Å². The van der Waals surface area contributed by atoms with E-state index in [1.54, 1.807) is 128 Å². The van der Waals surface area contributed by atoms with Crippen LogP contribution in [0.2, 0.25) is 0 Å². The van der Waals surface area contributed by atoms with Crippen LogP contribution >= 0.6 is 23.1 Å². The van der Waals surface area contributed by atoms with Gasteiger partial charge < -0.3 is 34.7 Å². The second-order valence-corrected chi connectivity index (χ2v) is 43.6. The highest BCUT2D eigenvalue weighted by atomic mass is 35.7. The molecule has 1 fully saturated rings. The first kappa shape index (κ1) is 125. The van der Waals surface area contributed by atoms with Crippen LogP contribution in [0, 0.1) is 104 Å². The molecule has 4 unspecified atom stereocenters. The topological polar surface area (TPSA) is 410 Å². The molecule has 10 N–H and O–H groups in total. The highest BCUT2D eigenvalue weighted by Crippen LogP contribution is 2.43. The monoisotopic (exact) mass is 2020 g/mol. The number of nitrogens with zero attached hydrogens (tertiary/aromatic N) is 1. The summed E-state index contributed by atoms with van der Waals surface area (Å²) < 4.78 is 180. The van der Waals surface area contributed by atoms with Gasteiger partial charge in [-0.25, -0.2) is 56.3 Å². The van der Waals surface area contributed by atoms with Crippen LogP contribution in [0.5, 0.6) is 0 Å². The first-order valence-corrected chi connectivity index (χ1v) is 54.1. The number of aliphatic hydroxyl groups excluding tert-OH is 3. The van der Waals surface area contributed by atoms with Crippen LogP contribution in [0.3, 0.4) is 0 Å². The fourth-order valence-corrected chi connectivity index (χ4v) is 26.0. The molecule has 0 saturated carbocycles. The molecule has 1 heterocycles. The van der Waals surface area contributed by atoms with Crippen LogP contribution in [-0.2, 0) is 92.0 Å². The molecular formula is C98H142Cl2N6O18S8. The Morgan fingerprint density at radius 3 is 0.886 bits per heavy atom. The molecular weight excluding hydrogens is 1880 g/mol. The average molecular weight is 2020 g/mol. The molecule has 13 atom stereocenters. The quantitative estimate of drug-likeness (QED) is 0.0218. The van der Waals surface area contributed by atoms with Gasteiger partial charge in [-0.05, 0) is 222 Å². The molecule has 0 amide bonds. The maximum atomic E-state index is 13.4. The third-order valence-corrected chi connectivity index (χ3v) is 30.7.